The molecule has 4 rings (SSSR count). The van der Waals surface area contributed by atoms with Gasteiger partial charge in [0.15, 0.2) is 0 Å². The molecule has 0 fully saturated rings. The highest BCUT2D eigenvalue weighted by Gasteiger charge is 2.20. The number of hydrazine groups is 1. The first-order valence-corrected chi connectivity index (χ1v) is 9.75. The van der Waals surface area contributed by atoms with Crippen molar-refractivity contribution < 1.29 is 14.5 Å². The van der Waals surface area contributed by atoms with Gasteiger partial charge in [-0.05, 0) is 25.1 Å². The molecule has 1 aromatic heterocycles. The lowest BCUT2D eigenvalue weighted by Gasteiger charge is -2.12. The second-order valence-corrected chi connectivity index (χ2v) is 7.12. The van der Waals surface area contributed by atoms with Crippen LogP contribution in [0.25, 0.3) is 22.2 Å². The number of hydrogen-bond acceptors (Lipinski definition) is 5. The van der Waals surface area contributed by atoms with Crippen LogP contribution in [-0.4, -0.2) is 21.7 Å². The maximum Gasteiger partial charge on any atom is 0.282 e. The summed E-state index contributed by atoms with van der Waals surface area (Å²) < 4.78 is 0. The van der Waals surface area contributed by atoms with E-state index in [0.29, 0.717) is 22.2 Å². The second-order valence-electron chi connectivity index (χ2n) is 7.12. The first-order chi connectivity index (χ1) is 15.4. The van der Waals surface area contributed by atoms with Gasteiger partial charge in [0, 0.05) is 17.0 Å². The number of nitro benzene ring substituents is 1. The molecular weight excluding hydrogens is 408 g/mol. The number of carbonyl (C=O) groups is 2. The van der Waals surface area contributed by atoms with E-state index >= 15 is 0 Å². The van der Waals surface area contributed by atoms with Crippen LogP contribution in [0.2, 0.25) is 0 Å². The average molecular weight is 426 g/mol. The van der Waals surface area contributed by atoms with Crippen LogP contribution >= 0.6 is 0 Å². The largest absolute Gasteiger partial charge is 0.282 e. The third-order valence-electron chi connectivity index (χ3n) is 4.94. The summed E-state index contributed by atoms with van der Waals surface area (Å²) in [6, 6.07) is 22.1. The van der Waals surface area contributed by atoms with Gasteiger partial charge in [-0.25, -0.2) is 4.98 Å². The molecular formula is C24H18N4O4. The lowest BCUT2D eigenvalue weighted by atomic mass is 10.0. The van der Waals surface area contributed by atoms with E-state index < -0.39 is 16.7 Å². The van der Waals surface area contributed by atoms with Gasteiger partial charge in [0.05, 0.1) is 21.7 Å². The number of amides is 2. The van der Waals surface area contributed by atoms with Gasteiger partial charge in [0.1, 0.15) is 5.56 Å². The Kier molecular flexibility index (Phi) is 5.59. The molecule has 0 aliphatic rings. The van der Waals surface area contributed by atoms with E-state index in [-0.39, 0.29) is 11.3 Å². The van der Waals surface area contributed by atoms with E-state index in [9.17, 15) is 19.7 Å². The number of para-hydroxylation sites is 2. The number of nitrogens with one attached hydrogen (secondary N) is 2. The summed E-state index contributed by atoms with van der Waals surface area (Å²) in [4.78, 5) is 40.6. The highest BCUT2D eigenvalue weighted by atomic mass is 16.6. The molecule has 0 unspecified atom stereocenters. The number of benzene rings is 3. The van der Waals surface area contributed by atoms with Crippen molar-refractivity contribution in [3.63, 3.8) is 0 Å². The van der Waals surface area contributed by atoms with Gasteiger partial charge >= 0.3 is 0 Å². The Morgan fingerprint density at radius 3 is 2.19 bits per heavy atom. The molecule has 0 radical (unpaired) electrons. The second kappa shape index (κ2) is 8.65. The Balaban J connectivity index is 1.64. The lowest BCUT2D eigenvalue weighted by Crippen LogP contribution is -2.41. The van der Waals surface area contributed by atoms with Crippen molar-refractivity contribution in [1.29, 1.82) is 0 Å². The van der Waals surface area contributed by atoms with Crippen molar-refractivity contribution in [2.45, 2.75) is 6.92 Å². The van der Waals surface area contributed by atoms with Gasteiger partial charge in [0.25, 0.3) is 17.5 Å². The predicted molar refractivity (Wildman–Crippen MR) is 120 cm³/mol. The van der Waals surface area contributed by atoms with Crippen LogP contribution < -0.4 is 10.9 Å². The van der Waals surface area contributed by atoms with Gasteiger partial charge in [-0.1, -0.05) is 60.2 Å². The third kappa shape index (κ3) is 4.15. The number of carbonyl (C=O) groups excluding carboxylic acids is 2. The summed E-state index contributed by atoms with van der Waals surface area (Å²) >= 11 is 0. The number of fused-ring (bicyclic) bond motifs is 1. The van der Waals surface area contributed by atoms with Crippen molar-refractivity contribution in [2.24, 2.45) is 0 Å². The number of rotatable bonds is 4. The molecule has 8 heteroatoms. The molecule has 8 nitrogen and oxygen atoms in total. The molecule has 0 saturated heterocycles. The van der Waals surface area contributed by atoms with E-state index in [0.717, 1.165) is 11.1 Å². The number of hydrogen-bond donors (Lipinski definition) is 2. The molecule has 4 aromatic rings. The van der Waals surface area contributed by atoms with Crippen molar-refractivity contribution in [1.82, 2.24) is 15.8 Å². The van der Waals surface area contributed by atoms with Crippen LogP contribution in [0.15, 0.2) is 78.9 Å². The van der Waals surface area contributed by atoms with Crippen LogP contribution in [-0.2, 0) is 0 Å². The molecule has 0 aliphatic heterocycles. The Hall–Kier alpha value is -4.59. The Morgan fingerprint density at radius 2 is 1.47 bits per heavy atom. The van der Waals surface area contributed by atoms with Crippen LogP contribution in [0.4, 0.5) is 5.69 Å². The zero-order valence-electron chi connectivity index (χ0n) is 17.0. The van der Waals surface area contributed by atoms with Crippen LogP contribution in [0.1, 0.15) is 26.3 Å². The maximum absolute atomic E-state index is 13.0. The van der Waals surface area contributed by atoms with E-state index in [1.165, 1.54) is 24.3 Å². The van der Waals surface area contributed by atoms with Gasteiger partial charge in [0.2, 0.25) is 0 Å². The summed E-state index contributed by atoms with van der Waals surface area (Å²) in [5.41, 5.74) is 7.61. The van der Waals surface area contributed by atoms with E-state index in [1.54, 1.807) is 24.3 Å². The number of aryl methyl sites for hydroxylation is 1. The Morgan fingerprint density at radius 1 is 0.844 bits per heavy atom. The van der Waals surface area contributed by atoms with E-state index in [4.69, 9.17) is 0 Å². The minimum atomic E-state index is -0.789. The zero-order valence-corrected chi connectivity index (χ0v) is 17.0. The molecule has 32 heavy (non-hydrogen) atoms. The van der Waals surface area contributed by atoms with Crippen LogP contribution in [0.5, 0.6) is 0 Å². The first kappa shape index (κ1) is 20.7. The number of nitrogens with zero attached hydrogens (tertiary/aromatic N) is 2. The molecule has 0 spiro atoms. The lowest BCUT2D eigenvalue weighted by molar-refractivity contribution is -0.385. The molecule has 3 aromatic carbocycles. The number of nitro groups is 1. The van der Waals surface area contributed by atoms with Gasteiger partial charge in [-0.15, -0.1) is 0 Å². The highest BCUT2D eigenvalue weighted by molar-refractivity contribution is 6.08. The molecule has 158 valence electrons. The normalized spacial score (nSPS) is 10.5. The number of aromatic nitrogens is 1. The van der Waals surface area contributed by atoms with Gasteiger partial charge in [-0.2, -0.15) is 0 Å². The fourth-order valence-corrected chi connectivity index (χ4v) is 3.31. The SMILES string of the molecule is Cc1ccc(-c2cc(C(=O)NNC(=O)c3ccccc3[N+](=O)[O-])c3ccccc3n2)cc1. The molecule has 0 atom stereocenters. The molecule has 2 N–H and O–H groups in total. The van der Waals surface area contributed by atoms with Crippen LogP contribution in [0, 0.1) is 17.0 Å². The molecule has 2 amide bonds. The Labute approximate surface area is 183 Å². The Bertz CT molecular complexity index is 1350. The van der Waals surface area contributed by atoms with Crippen molar-refractivity contribution >= 4 is 28.4 Å². The number of pyridine rings is 1. The summed E-state index contributed by atoms with van der Waals surface area (Å²) in [6.07, 6.45) is 0. The van der Waals surface area contributed by atoms with Gasteiger partial charge in [-0.3, -0.25) is 30.6 Å². The fraction of sp³-hybridized carbons (Fsp3) is 0.0417. The topological polar surface area (TPSA) is 114 Å². The minimum absolute atomic E-state index is 0.155. The standard InChI is InChI=1S/C24H18N4O4/c1-15-10-12-16(13-11-15)21-14-19(17-6-2-4-8-20(17)25-21)24(30)27-26-23(29)18-7-3-5-9-22(18)28(31)32/h2-14H,1H3,(H,26,29)(H,27,30). The first-order valence-electron chi connectivity index (χ1n) is 9.75. The van der Waals surface area contributed by atoms with E-state index in [2.05, 4.69) is 15.8 Å². The summed E-state index contributed by atoms with van der Waals surface area (Å²) in [5, 5.41) is 11.8. The van der Waals surface area contributed by atoms with E-state index in [1.807, 2.05) is 37.3 Å². The molecule has 0 saturated carbocycles. The molecule has 1 heterocycles. The molecule has 0 bridgehead atoms. The fourth-order valence-electron chi connectivity index (χ4n) is 3.31. The summed E-state index contributed by atoms with van der Waals surface area (Å²) in [7, 11) is 0. The highest BCUT2D eigenvalue weighted by Crippen LogP contribution is 2.25. The quantitative estimate of drug-likeness (QED) is 0.375. The monoisotopic (exact) mass is 426 g/mol. The third-order valence-corrected chi connectivity index (χ3v) is 4.94. The maximum atomic E-state index is 13.0. The zero-order chi connectivity index (χ0) is 22.7. The van der Waals surface area contributed by atoms with Crippen molar-refractivity contribution in [3.05, 3.63) is 106 Å². The molecule has 0 aliphatic carbocycles. The summed E-state index contributed by atoms with van der Waals surface area (Å²) in [6.45, 7) is 1.98. The summed E-state index contributed by atoms with van der Waals surface area (Å²) in [5.74, 6) is -1.35. The van der Waals surface area contributed by atoms with Crippen molar-refractivity contribution in [3.8, 4) is 11.3 Å². The average Bonchev–Trinajstić information content (AvgIpc) is 2.82. The van der Waals surface area contributed by atoms with Crippen molar-refractivity contribution in [2.75, 3.05) is 0 Å². The predicted octanol–water partition coefficient (Wildman–Crippen LogP) is 4.19. The smallest absolute Gasteiger partial charge is 0.267 e. The minimum Gasteiger partial charge on any atom is -0.267 e. The van der Waals surface area contributed by atoms with Crippen LogP contribution in [0.3, 0.4) is 0 Å². The van der Waals surface area contributed by atoms with Gasteiger partial charge < -0.3 is 0 Å².